The Labute approximate surface area is 103 Å². The Morgan fingerprint density at radius 1 is 1.35 bits per heavy atom. The smallest absolute Gasteiger partial charge is 0.234 e. The van der Waals surface area contributed by atoms with Crippen LogP contribution in [0.5, 0.6) is 0 Å². The van der Waals surface area contributed by atoms with E-state index in [-0.39, 0.29) is 24.2 Å². The second-order valence-corrected chi connectivity index (χ2v) is 7.11. The lowest BCUT2D eigenvalue weighted by Gasteiger charge is -2.15. The summed E-state index contributed by atoms with van der Waals surface area (Å²) in [6.07, 6.45) is 5.89. The monoisotopic (exact) mass is 262 g/mol. The summed E-state index contributed by atoms with van der Waals surface area (Å²) in [6.45, 7) is 1.98. The zero-order chi connectivity index (χ0) is 12.9. The third-order valence-electron chi connectivity index (χ3n) is 2.87. The molecule has 0 heterocycles. The Kier molecular flexibility index (Phi) is 5.39. The Morgan fingerprint density at radius 3 is 2.47 bits per heavy atom. The average Bonchev–Trinajstić information content (AvgIpc) is 2.63. The number of nitrogens with one attached hydrogen (secondary N) is 2. The molecular formula is C11H22N2O3S. The van der Waals surface area contributed by atoms with Crippen molar-refractivity contribution < 1.29 is 13.2 Å². The topological polar surface area (TPSA) is 75.3 Å². The number of carbonyl (C=O) groups excluding carboxylic acids is 1. The van der Waals surface area contributed by atoms with Crippen molar-refractivity contribution in [2.75, 3.05) is 18.6 Å². The number of sulfone groups is 1. The fourth-order valence-corrected chi connectivity index (χ4v) is 3.18. The molecule has 17 heavy (non-hydrogen) atoms. The van der Waals surface area contributed by atoms with E-state index in [1.54, 1.807) is 6.92 Å². The minimum atomic E-state index is -3.03. The van der Waals surface area contributed by atoms with E-state index in [9.17, 15) is 13.2 Å². The molecule has 1 atom stereocenters. The van der Waals surface area contributed by atoms with Crippen molar-refractivity contribution in [1.82, 2.24) is 10.6 Å². The molecule has 1 amide bonds. The first kappa shape index (κ1) is 14.4. The van der Waals surface area contributed by atoms with Crippen molar-refractivity contribution in [3.8, 4) is 0 Å². The van der Waals surface area contributed by atoms with Gasteiger partial charge < -0.3 is 10.6 Å². The SMILES string of the molecule is CC(CS(C)(=O)=O)NC(=O)CNC1CCCC1. The van der Waals surface area contributed by atoms with Gasteiger partial charge in [-0.15, -0.1) is 0 Å². The van der Waals surface area contributed by atoms with Gasteiger partial charge in [0.05, 0.1) is 12.3 Å². The maximum Gasteiger partial charge on any atom is 0.234 e. The van der Waals surface area contributed by atoms with Gasteiger partial charge in [-0.05, 0) is 19.8 Å². The van der Waals surface area contributed by atoms with Gasteiger partial charge in [-0.3, -0.25) is 4.79 Å². The van der Waals surface area contributed by atoms with Gasteiger partial charge in [0, 0.05) is 18.3 Å². The summed E-state index contributed by atoms with van der Waals surface area (Å²) < 4.78 is 22.0. The van der Waals surface area contributed by atoms with Gasteiger partial charge in [-0.25, -0.2) is 8.42 Å². The van der Waals surface area contributed by atoms with Gasteiger partial charge in [0.15, 0.2) is 0 Å². The highest BCUT2D eigenvalue weighted by Crippen LogP contribution is 2.17. The molecule has 1 aliphatic carbocycles. The van der Waals surface area contributed by atoms with E-state index in [1.165, 1.54) is 19.1 Å². The first-order valence-corrected chi connectivity index (χ1v) is 8.13. The van der Waals surface area contributed by atoms with Gasteiger partial charge in [0.2, 0.25) is 5.91 Å². The fraction of sp³-hybridized carbons (Fsp3) is 0.909. The number of hydrogen-bond donors (Lipinski definition) is 2. The summed E-state index contributed by atoms with van der Waals surface area (Å²) in [4.78, 5) is 11.5. The summed E-state index contributed by atoms with van der Waals surface area (Å²) in [5, 5.41) is 5.87. The van der Waals surface area contributed by atoms with E-state index in [4.69, 9.17) is 0 Å². The van der Waals surface area contributed by atoms with Crippen LogP contribution in [-0.4, -0.2) is 45.0 Å². The van der Waals surface area contributed by atoms with Crippen LogP contribution >= 0.6 is 0 Å². The predicted molar refractivity (Wildman–Crippen MR) is 67.6 cm³/mol. The molecule has 0 radical (unpaired) electrons. The number of amides is 1. The first-order chi connectivity index (χ1) is 7.87. The van der Waals surface area contributed by atoms with Crippen LogP contribution in [0.4, 0.5) is 0 Å². The molecule has 100 valence electrons. The molecule has 0 saturated heterocycles. The summed E-state index contributed by atoms with van der Waals surface area (Å²) in [5.41, 5.74) is 0. The molecule has 1 rings (SSSR count). The summed E-state index contributed by atoms with van der Waals surface area (Å²) in [7, 11) is -3.03. The third kappa shape index (κ3) is 6.63. The predicted octanol–water partition coefficient (Wildman–Crippen LogP) is 0.0679. The molecule has 0 aliphatic heterocycles. The van der Waals surface area contributed by atoms with E-state index in [1.807, 2.05) is 0 Å². The lowest BCUT2D eigenvalue weighted by Crippen LogP contribution is -2.43. The highest BCUT2D eigenvalue weighted by atomic mass is 32.2. The van der Waals surface area contributed by atoms with Crippen LogP contribution in [0.1, 0.15) is 32.6 Å². The molecule has 6 heteroatoms. The molecule has 0 aromatic carbocycles. The maximum absolute atomic E-state index is 11.5. The zero-order valence-corrected chi connectivity index (χ0v) is 11.3. The quantitative estimate of drug-likeness (QED) is 0.710. The molecule has 5 nitrogen and oxygen atoms in total. The van der Waals surface area contributed by atoms with Crippen LogP contribution in [0.15, 0.2) is 0 Å². The number of carbonyl (C=O) groups is 1. The van der Waals surface area contributed by atoms with Crippen molar-refractivity contribution in [1.29, 1.82) is 0 Å². The van der Waals surface area contributed by atoms with Crippen molar-refractivity contribution in [3.63, 3.8) is 0 Å². The lowest BCUT2D eigenvalue weighted by molar-refractivity contribution is -0.120. The van der Waals surface area contributed by atoms with Crippen molar-refractivity contribution in [2.45, 2.75) is 44.7 Å². The van der Waals surface area contributed by atoms with Crippen LogP contribution in [0.2, 0.25) is 0 Å². The Hall–Kier alpha value is -0.620. The molecule has 1 saturated carbocycles. The minimum Gasteiger partial charge on any atom is -0.352 e. The fourth-order valence-electron chi connectivity index (χ4n) is 2.19. The van der Waals surface area contributed by atoms with Crippen LogP contribution in [0.3, 0.4) is 0 Å². The maximum atomic E-state index is 11.5. The highest BCUT2D eigenvalue weighted by molar-refractivity contribution is 7.90. The molecule has 0 bridgehead atoms. The summed E-state index contributed by atoms with van der Waals surface area (Å²) >= 11 is 0. The normalized spacial score (nSPS) is 19.2. The van der Waals surface area contributed by atoms with Crippen molar-refractivity contribution in [2.24, 2.45) is 0 Å². The Morgan fingerprint density at radius 2 is 1.94 bits per heavy atom. The van der Waals surface area contributed by atoms with Crippen molar-refractivity contribution in [3.05, 3.63) is 0 Å². The van der Waals surface area contributed by atoms with Crippen LogP contribution in [-0.2, 0) is 14.6 Å². The molecular weight excluding hydrogens is 240 g/mol. The largest absolute Gasteiger partial charge is 0.352 e. The molecule has 1 aliphatic rings. The molecule has 2 N–H and O–H groups in total. The van der Waals surface area contributed by atoms with Crippen LogP contribution in [0, 0.1) is 0 Å². The van der Waals surface area contributed by atoms with Gasteiger partial charge in [-0.2, -0.15) is 0 Å². The average molecular weight is 262 g/mol. The summed E-state index contributed by atoms with van der Waals surface area (Å²) in [5.74, 6) is -0.143. The molecule has 0 spiro atoms. The standard InChI is InChI=1S/C11H22N2O3S/c1-9(8-17(2,15)16)13-11(14)7-12-10-5-3-4-6-10/h9-10,12H,3-8H2,1-2H3,(H,13,14). The number of hydrogen-bond acceptors (Lipinski definition) is 4. The van der Waals surface area contributed by atoms with Gasteiger partial charge >= 0.3 is 0 Å². The van der Waals surface area contributed by atoms with E-state index in [0.29, 0.717) is 6.04 Å². The molecule has 0 aromatic rings. The van der Waals surface area contributed by atoms with Crippen LogP contribution < -0.4 is 10.6 Å². The Balaban J connectivity index is 2.19. The lowest BCUT2D eigenvalue weighted by atomic mass is 10.2. The molecule has 1 fully saturated rings. The van der Waals surface area contributed by atoms with Crippen LogP contribution in [0.25, 0.3) is 0 Å². The second kappa shape index (κ2) is 6.35. The van der Waals surface area contributed by atoms with Crippen molar-refractivity contribution >= 4 is 15.7 Å². The molecule has 1 unspecified atom stereocenters. The molecule has 0 aromatic heterocycles. The zero-order valence-electron chi connectivity index (χ0n) is 10.5. The van der Waals surface area contributed by atoms with Gasteiger partial charge in [-0.1, -0.05) is 12.8 Å². The minimum absolute atomic E-state index is 0.0117. The van der Waals surface area contributed by atoms with Gasteiger partial charge in [0.1, 0.15) is 9.84 Å². The van der Waals surface area contributed by atoms with E-state index in [0.717, 1.165) is 12.8 Å². The second-order valence-electron chi connectivity index (χ2n) is 4.92. The van der Waals surface area contributed by atoms with Gasteiger partial charge in [0.25, 0.3) is 0 Å². The van der Waals surface area contributed by atoms with E-state index in [2.05, 4.69) is 10.6 Å². The van der Waals surface area contributed by atoms with E-state index < -0.39 is 9.84 Å². The first-order valence-electron chi connectivity index (χ1n) is 6.07. The number of rotatable bonds is 6. The summed E-state index contributed by atoms with van der Waals surface area (Å²) in [6, 6.07) is 0.119. The Bertz CT molecular complexity index is 348. The third-order valence-corrected chi connectivity index (χ3v) is 3.97. The van der Waals surface area contributed by atoms with E-state index >= 15 is 0 Å². The highest BCUT2D eigenvalue weighted by Gasteiger charge is 2.17.